The second-order valence-corrected chi connectivity index (χ2v) is 8.18. The highest BCUT2D eigenvalue weighted by molar-refractivity contribution is 7.91. The Morgan fingerprint density at radius 2 is 2.25 bits per heavy atom. The van der Waals surface area contributed by atoms with Crippen molar-refractivity contribution in [3.8, 4) is 11.5 Å². The van der Waals surface area contributed by atoms with Crippen LogP contribution in [0.5, 0.6) is 0 Å². The Hall–Kier alpha value is -2.29. The van der Waals surface area contributed by atoms with E-state index in [4.69, 9.17) is 4.52 Å². The van der Waals surface area contributed by atoms with Gasteiger partial charge < -0.3 is 9.42 Å². The molecule has 1 fully saturated rings. The van der Waals surface area contributed by atoms with Gasteiger partial charge in [0.2, 0.25) is 17.6 Å². The lowest BCUT2D eigenvalue weighted by Gasteiger charge is -2.16. The number of nitrogens with zero attached hydrogens (tertiary/aromatic N) is 4. The van der Waals surface area contributed by atoms with Crippen molar-refractivity contribution in [2.24, 2.45) is 5.92 Å². The van der Waals surface area contributed by atoms with E-state index in [-0.39, 0.29) is 36.3 Å². The van der Waals surface area contributed by atoms with Crippen LogP contribution in [-0.2, 0) is 21.2 Å². The third-order valence-electron chi connectivity index (χ3n) is 3.95. The topological polar surface area (TPSA) is 106 Å². The summed E-state index contributed by atoms with van der Waals surface area (Å²) in [6.45, 7) is 0.179. The SMILES string of the molecule is CN(Cc1nc(-c2ccccn2)no1)C(=O)C[C@@H]1CCS(=O)(=O)C1. The molecule has 0 spiro atoms. The summed E-state index contributed by atoms with van der Waals surface area (Å²) in [7, 11) is -1.34. The Bertz CT molecular complexity index is 819. The lowest BCUT2D eigenvalue weighted by atomic mass is 10.0. The van der Waals surface area contributed by atoms with Crippen molar-refractivity contribution in [3.63, 3.8) is 0 Å². The largest absolute Gasteiger partial charge is 0.337 e. The number of hydrogen-bond donors (Lipinski definition) is 0. The molecule has 0 N–H and O–H groups in total. The Morgan fingerprint density at radius 1 is 1.42 bits per heavy atom. The zero-order valence-corrected chi connectivity index (χ0v) is 14.1. The van der Waals surface area contributed by atoms with Gasteiger partial charge in [-0.05, 0) is 24.5 Å². The standard InChI is InChI=1S/C15H18N4O4S/c1-19(14(20)8-11-5-7-24(21,22)10-11)9-13-17-15(18-23-13)12-4-2-3-6-16-12/h2-4,6,11H,5,7-10H2,1H3/t11-/m0/s1. The molecule has 8 nitrogen and oxygen atoms in total. The number of hydrogen-bond acceptors (Lipinski definition) is 7. The number of sulfone groups is 1. The number of carbonyl (C=O) groups excluding carboxylic acids is 1. The Labute approximate surface area is 139 Å². The van der Waals surface area contributed by atoms with Crippen LogP contribution in [0.25, 0.3) is 11.5 Å². The van der Waals surface area contributed by atoms with Crippen LogP contribution in [-0.4, -0.2) is 52.9 Å². The molecule has 3 rings (SSSR count). The van der Waals surface area contributed by atoms with E-state index in [1.54, 1.807) is 25.4 Å². The van der Waals surface area contributed by atoms with Crippen molar-refractivity contribution in [2.75, 3.05) is 18.6 Å². The third-order valence-corrected chi connectivity index (χ3v) is 5.79. The highest BCUT2D eigenvalue weighted by Gasteiger charge is 2.30. The lowest BCUT2D eigenvalue weighted by molar-refractivity contribution is -0.131. The molecule has 1 aliphatic heterocycles. The van der Waals surface area contributed by atoms with Crippen molar-refractivity contribution in [3.05, 3.63) is 30.3 Å². The first-order valence-corrected chi connectivity index (χ1v) is 9.43. The second-order valence-electron chi connectivity index (χ2n) is 5.95. The molecule has 0 aromatic carbocycles. The van der Waals surface area contributed by atoms with E-state index >= 15 is 0 Å². The van der Waals surface area contributed by atoms with Crippen LogP contribution in [0.2, 0.25) is 0 Å². The fourth-order valence-corrected chi connectivity index (χ4v) is 4.51. The Morgan fingerprint density at radius 3 is 2.92 bits per heavy atom. The minimum Gasteiger partial charge on any atom is -0.337 e. The smallest absolute Gasteiger partial charge is 0.246 e. The van der Waals surface area contributed by atoms with Crippen LogP contribution in [0, 0.1) is 5.92 Å². The number of amides is 1. The van der Waals surface area contributed by atoms with Crippen LogP contribution in [0.15, 0.2) is 28.9 Å². The van der Waals surface area contributed by atoms with E-state index in [1.165, 1.54) is 4.90 Å². The van der Waals surface area contributed by atoms with Crippen LogP contribution in [0.4, 0.5) is 0 Å². The summed E-state index contributed by atoms with van der Waals surface area (Å²) < 4.78 is 28.1. The van der Waals surface area contributed by atoms with Crippen LogP contribution in [0.1, 0.15) is 18.7 Å². The predicted molar refractivity (Wildman–Crippen MR) is 85.4 cm³/mol. The zero-order chi connectivity index (χ0) is 17.2. The molecule has 1 saturated heterocycles. The molecular weight excluding hydrogens is 332 g/mol. The van der Waals surface area contributed by atoms with E-state index in [9.17, 15) is 13.2 Å². The van der Waals surface area contributed by atoms with Crippen molar-refractivity contribution >= 4 is 15.7 Å². The summed E-state index contributed by atoms with van der Waals surface area (Å²) in [5.74, 6) is 0.716. The average molecular weight is 350 g/mol. The first-order chi connectivity index (χ1) is 11.4. The van der Waals surface area contributed by atoms with E-state index < -0.39 is 9.84 Å². The molecule has 128 valence electrons. The molecule has 2 aromatic rings. The maximum absolute atomic E-state index is 12.2. The summed E-state index contributed by atoms with van der Waals surface area (Å²) in [5.41, 5.74) is 0.595. The average Bonchev–Trinajstić information content (AvgIpc) is 3.14. The maximum atomic E-state index is 12.2. The van der Waals surface area contributed by atoms with Gasteiger partial charge in [0.15, 0.2) is 9.84 Å². The van der Waals surface area contributed by atoms with E-state index in [2.05, 4.69) is 15.1 Å². The molecule has 24 heavy (non-hydrogen) atoms. The van der Waals surface area contributed by atoms with E-state index in [1.807, 2.05) is 6.07 Å². The van der Waals surface area contributed by atoms with Crippen LogP contribution < -0.4 is 0 Å². The van der Waals surface area contributed by atoms with Crippen LogP contribution >= 0.6 is 0 Å². The summed E-state index contributed by atoms with van der Waals surface area (Å²) in [4.78, 5) is 22.1. The van der Waals surface area contributed by atoms with Gasteiger partial charge in [0, 0.05) is 19.7 Å². The minimum atomic E-state index is -2.97. The summed E-state index contributed by atoms with van der Waals surface area (Å²) in [6, 6.07) is 5.38. The molecule has 1 aliphatic rings. The predicted octanol–water partition coefficient (Wildman–Crippen LogP) is 0.915. The molecule has 3 heterocycles. The molecule has 1 atom stereocenters. The summed E-state index contributed by atoms with van der Waals surface area (Å²) >= 11 is 0. The molecular formula is C15H18N4O4S. The summed E-state index contributed by atoms with van der Waals surface area (Å²) in [5, 5.41) is 3.86. The number of aromatic nitrogens is 3. The molecule has 0 bridgehead atoms. The molecule has 9 heteroatoms. The van der Waals surface area contributed by atoms with Crippen LogP contribution in [0.3, 0.4) is 0 Å². The highest BCUT2D eigenvalue weighted by atomic mass is 32.2. The third kappa shape index (κ3) is 3.97. The number of carbonyl (C=O) groups is 1. The second kappa shape index (κ2) is 6.68. The molecule has 2 aromatic heterocycles. The molecule has 1 amide bonds. The van der Waals surface area contributed by atoms with Gasteiger partial charge in [-0.1, -0.05) is 11.2 Å². The first kappa shape index (κ1) is 16.6. The first-order valence-electron chi connectivity index (χ1n) is 7.61. The highest BCUT2D eigenvalue weighted by Crippen LogP contribution is 2.22. The molecule has 0 aliphatic carbocycles. The van der Waals surface area contributed by atoms with Gasteiger partial charge in [0.05, 0.1) is 18.1 Å². The normalized spacial score (nSPS) is 19.3. The van der Waals surface area contributed by atoms with Gasteiger partial charge >= 0.3 is 0 Å². The Kier molecular flexibility index (Phi) is 4.61. The Balaban J connectivity index is 1.58. The van der Waals surface area contributed by atoms with Gasteiger partial charge in [0.25, 0.3) is 0 Å². The van der Waals surface area contributed by atoms with Crippen molar-refractivity contribution in [1.82, 2.24) is 20.0 Å². The van der Waals surface area contributed by atoms with E-state index in [0.717, 1.165) is 0 Å². The number of rotatable bonds is 5. The van der Waals surface area contributed by atoms with Gasteiger partial charge in [0.1, 0.15) is 5.69 Å². The maximum Gasteiger partial charge on any atom is 0.246 e. The van der Waals surface area contributed by atoms with Gasteiger partial charge in [-0.3, -0.25) is 9.78 Å². The van der Waals surface area contributed by atoms with Gasteiger partial charge in [-0.15, -0.1) is 0 Å². The fraction of sp³-hybridized carbons (Fsp3) is 0.467. The lowest BCUT2D eigenvalue weighted by Crippen LogP contribution is -2.28. The monoisotopic (exact) mass is 350 g/mol. The number of pyridine rings is 1. The summed E-state index contributed by atoms with van der Waals surface area (Å²) in [6.07, 6.45) is 2.40. The quantitative estimate of drug-likeness (QED) is 0.789. The minimum absolute atomic E-state index is 0.0942. The van der Waals surface area contributed by atoms with Gasteiger partial charge in [-0.25, -0.2) is 8.42 Å². The van der Waals surface area contributed by atoms with Crippen molar-refractivity contribution in [1.29, 1.82) is 0 Å². The van der Waals surface area contributed by atoms with E-state index in [0.29, 0.717) is 23.8 Å². The molecule has 0 unspecified atom stereocenters. The van der Waals surface area contributed by atoms with Gasteiger partial charge in [-0.2, -0.15) is 4.98 Å². The fourth-order valence-electron chi connectivity index (χ4n) is 2.65. The zero-order valence-electron chi connectivity index (χ0n) is 13.3. The van der Waals surface area contributed by atoms with Crippen molar-refractivity contribution < 1.29 is 17.7 Å². The van der Waals surface area contributed by atoms with Crippen molar-refractivity contribution in [2.45, 2.75) is 19.4 Å². The molecule has 0 radical (unpaired) electrons. The molecule has 0 saturated carbocycles.